The van der Waals surface area contributed by atoms with Crippen molar-refractivity contribution in [2.24, 2.45) is 5.92 Å². The van der Waals surface area contributed by atoms with Crippen LogP contribution in [-0.4, -0.2) is 67.0 Å². The van der Waals surface area contributed by atoms with E-state index in [0.717, 1.165) is 12.8 Å². The summed E-state index contributed by atoms with van der Waals surface area (Å²) < 4.78 is 32.8. The van der Waals surface area contributed by atoms with Crippen LogP contribution in [0.4, 0.5) is 20.3 Å². The van der Waals surface area contributed by atoms with Gasteiger partial charge in [-0.3, -0.25) is 9.59 Å². The molecule has 1 N–H and O–H groups in total. The van der Waals surface area contributed by atoms with Gasteiger partial charge in [-0.25, -0.2) is 13.8 Å². The first-order chi connectivity index (χ1) is 13.4. The lowest BCUT2D eigenvalue weighted by atomic mass is 9.99. The maximum Gasteiger partial charge on any atom is 0.265 e. The molecule has 7 nitrogen and oxygen atoms in total. The first-order valence-electron chi connectivity index (χ1n) is 9.72. The molecule has 4 rings (SSSR count). The topological polar surface area (TPSA) is 74.8 Å². The third-order valence-corrected chi connectivity index (χ3v) is 5.58. The van der Waals surface area contributed by atoms with Gasteiger partial charge in [0.05, 0.1) is 24.3 Å². The minimum Gasteiger partial charge on any atom is -0.381 e. The summed E-state index contributed by atoms with van der Waals surface area (Å²) in [4.78, 5) is 32.4. The Kier molecular flexibility index (Phi) is 5.18. The lowest BCUT2D eigenvalue weighted by Crippen LogP contribution is -2.46. The van der Waals surface area contributed by atoms with E-state index in [1.54, 1.807) is 11.0 Å². The summed E-state index contributed by atoms with van der Waals surface area (Å²) in [6.45, 7) is 1.77. The van der Waals surface area contributed by atoms with Crippen molar-refractivity contribution in [3.05, 3.63) is 17.8 Å². The molecule has 0 bridgehead atoms. The van der Waals surface area contributed by atoms with Gasteiger partial charge in [0.2, 0.25) is 5.91 Å². The number of aromatic nitrogens is 1. The van der Waals surface area contributed by atoms with Gasteiger partial charge in [0.1, 0.15) is 5.82 Å². The maximum atomic E-state index is 13.7. The van der Waals surface area contributed by atoms with E-state index in [4.69, 9.17) is 4.74 Å². The maximum absolute atomic E-state index is 13.7. The van der Waals surface area contributed by atoms with Crippen LogP contribution in [0.25, 0.3) is 0 Å². The van der Waals surface area contributed by atoms with Crippen LogP contribution in [0.5, 0.6) is 0 Å². The number of ether oxygens (including phenoxy) is 1. The van der Waals surface area contributed by atoms with E-state index in [1.807, 2.05) is 0 Å². The first-order valence-corrected chi connectivity index (χ1v) is 9.72. The number of carbonyl (C=O) groups is 2. The van der Waals surface area contributed by atoms with Crippen molar-refractivity contribution in [1.29, 1.82) is 0 Å². The number of halogens is 2. The predicted octanol–water partition coefficient (Wildman–Crippen LogP) is 2.14. The van der Waals surface area contributed by atoms with Gasteiger partial charge in [-0.2, -0.15) is 0 Å². The molecule has 9 heteroatoms. The number of nitrogens with one attached hydrogen (secondary N) is 1. The Morgan fingerprint density at radius 3 is 2.89 bits per heavy atom. The zero-order valence-electron chi connectivity index (χ0n) is 15.6. The molecule has 2 saturated heterocycles. The molecule has 28 heavy (non-hydrogen) atoms. The molecule has 0 unspecified atom stereocenters. The zero-order chi connectivity index (χ0) is 19.7. The second-order valence-corrected chi connectivity index (χ2v) is 7.69. The average molecular weight is 394 g/mol. The molecule has 3 aliphatic rings. The Labute approximate surface area is 162 Å². The number of amides is 2. The minimum atomic E-state index is -2.86. The number of hydrogen-bond donors (Lipinski definition) is 1. The fourth-order valence-electron chi connectivity index (χ4n) is 4.01. The molecule has 2 fully saturated rings. The summed E-state index contributed by atoms with van der Waals surface area (Å²) in [5, 5.41) is 2.97. The highest BCUT2D eigenvalue weighted by molar-refractivity contribution is 6.04. The second-order valence-electron chi connectivity index (χ2n) is 7.69. The fraction of sp³-hybridized carbons (Fsp3) is 0.632. The number of piperidine rings is 1. The van der Waals surface area contributed by atoms with Crippen LogP contribution in [0.3, 0.4) is 0 Å². The van der Waals surface area contributed by atoms with E-state index in [9.17, 15) is 18.4 Å². The Morgan fingerprint density at radius 2 is 2.14 bits per heavy atom. The van der Waals surface area contributed by atoms with E-state index < -0.39 is 18.4 Å². The predicted molar refractivity (Wildman–Crippen MR) is 98.7 cm³/mol. The van der Waals surface area contributed by atoms with Crippen LogP contribution in [0.1, 0.15) is 36.0 Å². The molecule has 0 spiro atoms. The number of carbonyl (C=O) groups excluding carboxylic acids is 2. The summed E-state index contributed by atoms with van der Waals surface area (Å²) in [6.07, 6.45) is 3.22. The highest BCUT2D eigenvalue weighted by atomic mass is 19.3. The normalized spacial score (nSPS) is 22.6. The van der Waals surface area contributed by atoms with E-state index in [1.165, 1.54) is 11.1 Å². The number of rotatable bonds is 3. The fourth-order valence-corrected chi connectivity index (χ4v) is 4.01. The Hall–Kier alpha value is -2.29. The van der Waals surface area contributed by atoms with Crippen molar-refractivity contribution < 1.29 is 23.1 Å². The Balaban J connectivity index is 1.56. The van der Waals surface area contributed by atoms with Gasteiger partial charge >= 0.3 is 0 Å². The van der Waals surface area contributed by atoms with Gasteiger partial charge in [0.25, 0.3) is 11.8 Å². The number of anilines is 2. The molecule has 152 valence electrons. The third-order valence-electron chi connectivity index (χ3n) is 5.58. The highest BCUT2D eigenvalue weighted by Gasteiger charge is 2.38. The molecule has 1 aromatic heterocycles. The summed E-state index contributed by atoms with van der Waals surface area (Å²) in [6, 6.07) is 1.60. The van der Waals surface area contributed by atoms with Gasteiger partial charge in [-0.15, -0.1) is 0 Å². The summed E-state index contributed by atoms with van der Waals surface area (Å²) in [7, 11) is 0. The smallest absolute Gasteiger partial charge is 0.265 e. The van der Waals surface area contributed by atoms with Crippen LogP contribution in [0, 0.1) is 5.92 Å². The lowest BCUT2D eigenvalue weighted by Gasteiger charge is -2.35. The Bertz CT molecular complexity index is 768. The number of nitrogens with zero attached hydrogens (tertiary/aromatic N) is 3. The largest absolute Gasteiger partial charge is 0.381 e. The van der Waals surface area contributed by atoms with E-state index in [0.29, 0.717) is 43.7 Å². The van der Waals surface area contributed by atoms with Gasteiger partial charge in [-0.1, -0.05) is 0 Å². The van der Waals surface area contributed by atoms with Crippen molar-refractivity contribution in [3.8, 4) is 0 Å². The molecule has 0 aliphatic carbocycles. The molecule has 0 aromatic carbocycles. The molecular weight excluding hydrogens is 370 g/mol. The quantitative estimate of drug-likeness (QED) is 0.850. The number of likely N-dealkylation sites (tertiary alicyclic amines) is 1. The highest BCUT2D eigenvalue weighted by Crippen LogP contribution is 2.32. The number of alkyl halides is 2. The van der Waals surface area contributed by atoms with E-state index in [2.05, 4.69) is 10.3 Å². The number of fused-ring (bicyclic) bond motifs is 1. The minimum absolute atomic E-state index is 0.0881. The van der Waals surface area contributed by atoms with Crippen LogP contribution < -0.4 is 10.2 Å². The number of pyridine rings is 1. The van der Waals surface area contributed by atoms with Gasteiger partial charge in [0, 0.05) is 38.9 Å². The molecule has 0 saturated carbocycles. The van der Waals surface area contributed by atoms with Crippen molar-refractivity contribution in [3.63, 3.8) is 0 Å². The van der Waals surface area contributed by atoms with Crippen molar-refractivity contribution >= 4 is 23.3 Å². The standard InChI is InChI=1S/C19H24F2N4O3/c20-19(21)4-1-5-24(12-19)18(27)14-8-15-17(22-9-14)23-10-16(26)25(15)11-13-2-6-28-7-3-13/h8-9,13H,1-7,10-12H2,(H,22,23). The monoisotopic (exact) mass is 394 g/mol. The van der Waals surface area contributed by atoms with Crippen molar-refractivity contribution in [2.75, 3.05) is 49.6 Å². The first kappa shape index (κ1) is 19.0. The third kappa shape index (κ3) is 3.94. The molecule has 0 atom stereocenters. The molecule has 4 heterocycles. The van der Waals surface area contributed by atoms with E-state index >= 15 is 0 Å². The lowest BCUT2D eigenvalue weighted by molar-refractivity contribution is -0.117. The van der Waals surface area contributed by atoms with Crippen LogP contribution in [-0.2, 0) is 9.53 Å². The van der Waals surface area contributed by atoms with Crippen LogP contribution >= 0.6 is 0 Å². The molecular formula is C19H24F2N4O3. The molecule has 0 radical (unpaired) electrons. The van der Waals surface area contributed by atoms with Crippen LogP contribution in [0.2, 0.25) is 0 Å². The summed E-state index contributed by atoms with van der Waals surface area (Å²) in [5.41, 5.74) is 0.766. The van der Waals surface area contributed by atoms with Crippen molar-refractivity contribution in [1.82, 2.24) is 9.88 Å². The molecule has 2 amide bonds. The van der Waals surface area contributed by atoms with Crippen LogP contribution in [0.15, 0.2) is 12.3 Å². The average Bonchev–Trinajstić information content (AvgIpc) is 2.69. The number of hydrogen-bond acceptors (Lipinski definition) is 5. The Morgan fingerprint density at radius 1 is 1.36 bits per heavy atom. The SMILES string of the molecule is O=C(c1cnc2c(c1)N(CC1CCOCC1)C(=O)CN2)N1CCCC(F)(F)C1. The van der Waals surface area contributed by atoms with Gasteiger partial charge in [-0.05, 0) is 31.2 Å². The van der Waals surface area contributed by atoms with Gasteiger partial charge < -0.3 is 19.9 Å². The van der Waals surface area contributed by atoms with Crippen molar-refractivity contribution in [2.45, 2.75) is 31.6 Å². The van der Waals surface area contributed by atoms with E-state index in [-0.39, 0.29) is 30.9 Å². The van der Waals surface area contributed by atoms with Gasteiger partial charge in [0.15, 0.2) is 0 Å². The molecule has 1 aromatic rings. The summed E-state index contributed by atoms with van der Waals surface area (Å²) >= 11 is 0. The summed E-state index contributed by atoms with van der Waals surface area (Å²) in [5.74, 6) is -2.56. The zero-order valence-corrected chi connectivity index (χ0v) is 15.6. The molecule has 3 aliphatic heterocycles. The second kappa shape index (κ2) is 7.62.